The summed E-state index contributed by atoms with van der Waals surface area (Å²) in [5.41, 5.74) is 27.5. The second kappa shape index (κ2) is 33.7. The SMILES string of the molecule is Cc1ccccc1-c1cc(-c2ccccn2)cc[n+]1C.Cc1ccccc1-c1cc(-c2cccnc2)cc[n+]1C.Cc1ccccc1-c1cc(-c2ccncc2)cc[n+]1C.Cc1ccccc1-c1ccc(-c2ncncn2)c[n+]1C.Cc1nc(C)nc(-c2ccc(-c3ccccc3C)[n+](C)c2)n1. The van der Waals surface area contributed by atoms with Gasteiger partial charge in [-0.1, -0.05) is 103 Å². The van der Waals surface area contributed by atoms with Crippen LogP contribution in [0.2, 0.25) is 0 Å². The van der Waals surface area contributed by atoms with Crippen LogP contribution in [0.3, 0.4) is 0 Å². The monoisotopic (exact) mass is 1340 g/mol. The lowest BCUT2D eigenvalue weighted by atomic mass is 10.0. The van der Waals surface area contributed by atoms with Crippen molar-refractivity contribution in [2.75, 3.05) is 0 Å². The molecular formula is C88H85N14+5. The van der Waals surface area contributed by atoms with E-state index in [0.29, 0.717) is 5.82 Å². The first-order valence-corrected chi connectivity index (χ1v) is 33.9. The zero-order valence-corrected chi connectivity index (χ0v) is 60.1. The summed E-state index contributed by atoms with van der Waals surface area (Å²) in [6.45, 7) is 14.5. The van der Waals surface area contributed by atoms with E-state index in [9.17, 15) is 0 Å². The number of nitrogens with zero attached hydrogens (tertiary/aromatic N) is 14. The van der Waals surface area contributed by atoms with Gasteiger partial charge in [0, 0.05) is 118 Å². The number of benzene rings is 5. The molecule has 0 aliphatic rings. The first kappa shape index (κ1) is 70.6. The van der Waals surface area contributed by atoms with Gasteiger partial charge >= 0.3 is 0 Å². The lowest BCUT2D eigenvalue weighted by molar-refractivity contribution is -0.660. The largest absolute Gasteiger partial charge is 0.265 e. The Hall–Kier alpha value is -12.7. The van der Waals surface area contributed by atoms with E-state index in [4.69, 9.17) is 0 Å². The quantitative estimate of drug-likeness (QED) is 0.123. The maximum absolute atomic E-state index is 4.43. The van der Waals surface area contributed by atoms with E-state index in [-0.39, 0.29) is 0 Å². The van der Waals surface area contributed by atoms with Crippen molar-refractivity contribution >= 4 is 0 Å². The molecule has 0 saturated carbocycles. The molecule has 0 unspecified atom stereocenters. The molecule has 15 aromatic rings. The smallest absolute Gasteiger partial charge is 0.213 e. The van der Waals surface area contributed by atoms with Crippen molar-refractivity contribution in [2.45, 2.75) is 48.5 Å². The number of aromatic nitrogens is 14. The molecule has 14 nitrogen and oxygen atoms in total. The lowest BCUT2D eigenvalue weighted by Gasteiger charge is -2.06. The minimum Gasteiger partial charge on any atom is -0.265 e. The van der Waals surface area contributed by atoms with Crippen LogP contribution in [0, 0.1) is 48.5 Å². The highest BCUT2D eigenvalue weighted by molar-refractivity contribution is 5.72. The van der Waals surface area contributed by atoms with E-state index >= 15 is 0 Å². The molecule has 10 aromatic heterocycles. The number of hydrogen-bond donors (Lipinski definition) is 0. The minimum atomic E-state index is 0.687. The number of pyridine rings is 8. The summed E-state index contributed by atoms with van der Waals surface area (Å²) in [5.74, 6) is 2.89. The molecule has 0 atom stereocenters. The topological polar surface area (TPSA) is 135 Å². The summed E-state index contributed by atoms with van der Waals surface area (Å²) >= 11 is 0. The fourth-order valence-corrected chi connectivity index (χ4v) is 12.1. The van der Waals surface area contributed by atoms with E-state index in [1.807, 2.05) is 101 Å². The summed E-state index contributed by atoms with van der Waals surface area (Å²) in [6.07, 6.45) is 22.6. The van der Waals surface area contributed by atoms with Crippen molar-refractivity contribution in [2.24, 2.45) is 35.2 Å². The highest BCUT2D eigenvalue weighted by atomic mass is 15.0. The zero-order valence-electron chi connectivity index (χ0n) is 60.1. The highest BCUT2D eigenvalue weighted by Gasteiger charge is 2.20. The first-order valence-electron chi connectivity index (χ1n) is 33.9. The van der Waals surface area contributed by atoms with Gasteiger partial charge in [0.2, 0.25) is 28.5 Å². The fourth-order valence-electron chi connectivity index (χ4n) is 12.1. The molecule has 0 saturated heterocycles. The molecule has 0 aliphatic heterocycles. The summed E-state index contributed by atoms with van der Waals surface area (Å²) in [6, 6.07) is 77.6. The van der Waals surface area contributed by atoms with E-state index in [1.54, 1.807) is 6.20 Å². The molecule has 0 aliphatic carbocycles. The van der Waals surface area contributed by atoms with Gasteiger partial charge in [-0.3, -0.25) is 15.0 Å². The maximum Gasteiger partial charge on any atom is 0.213 e. The van der Waals surface area contributed by atoms with Crippen molar-refractivity contribution in [3.05, 3.63) is 339 Å². The Morgan fingerprint density at radius 2 is 0.657 bits per heavy atom. The van der Waals surface area contributed by atoms with Gasteiger partial charge < -0.3 is 0 Å². The van der Waals surface area contributed by atoms with Crippen LogP contribution in [0.15, 0.2) is 299 Å². The number of hydrogen-bond acceptors (Lipinski definition) is 9. The molecule has 15 rings (SSSR count). The molecule has 10 heterocycles. The van der Waals surface area contributed by atoms with Crippen molar-refractivity contribution in [1.29, 1.82) is 0 Å². The summed E-state index contributed by atoms with van der Waals surface area (Å²) < 4.78 is 10.7. The molecule has 102 heavy (non-hydrogen) atoms. The van der Waals surface area contributed by atoms with Crippen molar-refractivity contribution in [1.82, 2.24) is 44.9 Å². The van der Waals surface area contributed by atoms with Crippen LogP contribution in [0.4, 0.5) is 0 Å². The Bertz CT molecular complexity index is 4990. The van der Waals surface area contributed by atoms with Gasteiger partial charge in [0.05, 0.1) is 16.8 Å². The van der Waals surface area contributed by atoms with E-state index < -0.39 is 0 Å². The normalized spacial score (nSPS) is 10.5. The molecule has 5 aromatic carbocycles. The van der Waals surface area contributed by atoms with Crippen LogP contribution in [-0.2, 0) is 35.2 Å². The van der Waals surface area contributed by atoms with Gasteiger partial charge in [0.1, 0.15) is 59.5 Å². The molecule has 14 heteroatoms. The molecule has 0 spiro atoms. The summed E-state index contributed by atoms with van der Waals surface area (Å²) in [4.78, 5) is 38.0. The van der Waals surface area contributed by atoms with E-state index in [0.717, 1.165) is 45.4 Å². The third-order valence-electron chi connectivity index (χ3n) is 17.7. The van der Waals surface area contributed by atoms with Crippen molar-refractivity contribution < 1.29 is 22.8 Å². The second-order valence-electron chi connectivity index (χ2n) is 25.0. The summed E-state index contributed by atoms with van der Waals surface area (Å²) in [7, 11) is 10.3. The molecule has 0 fully saturated rings. The van der Waals surface area contributed by atoms with Gasteiger partial charge in [-0.15, -0.1) is 0 Å². The predicted octanol–water partition coefficient (Wildman–Crippen LogP) is 15.9. The second-order valence-corrected chi connectivity index (χ2v) is 25.0. The zero-order chi connectivity index (χ0) is 71.5. The number of aryl methyl sites for hydroxylation is 12. The van der Waals surface area contributed by atoms with Gasteiger partial charge in [-0.2, -0.15) is 0 Å². The Balaban J connectivity index is 0.000000128. The average molecular weight is 1340 g/mol. The van der Waals surface area contributed by atoms with Crippen molar-refractivity contribution in [3.63, 3.8) is 0 Å². The highest BCUT2D eigenvalue weighted by Crippen LogP contribution is 2.30. The van der Waals surface area contributed by atoms with Gasteiger partial charge in [0.25, 0.3) is 0 Å². The molecule has 0 N–H and O–H groups in total. The Kier molecular flexibility index (Phi) is 23.3. The molecular weight excluding hydrogens is 1250 g/mol. The third kappa shape index (κ3) is 17.8. The van der Waals surface area contributed by atoms with Gasteiger partial charge in [-0.05, 0) is 166 Å². The van der Waals surface area contributed by atoms with Crippen LogP contribution in [0.5, 0.6) is 0 Å². The maximum atomic E-state index is 4.43. The minimum absolute atomic E-state index is 0.687. The van der Waals surface area contributed by atoms with Crippen molar-refractivity contribution in [3.8, 4) is 113 Å². The van der Waals surface area contributed by atoms with Crippen LogP contribution >= 0.6 is 0 Å². The molecule has 0 bridgehead atoms. The van der Waals surface area contributed by atoms with E-state index in [2.05, 4.69) is 330 Å². The summed E-state index contributed by atoms with van der Waals surface area (Å²) in [5, 5.41) is 0. The van der Waals surface area contributed by atoms with Gasteiger partial charge in [-0.25, -0.2) is 52.7 Å². The molecule has 502 valence electrons. The Labute approximate surface area is 599 Å². The van der Waals surface area contributed by atoms with Crippen LogP contribution in [-0.4, -0.2) is 44.9 Å². The van der Waals surface area contributed by atoms with E-state index in [1.165, 1.54) is 113 Å². The van der Waals surface area contributed by atoms with Gasteiger partial charge in [0.15, 0.2) is 42.6 Å². The first-order chi connectivity index (χ1) is 49.6. The van der Waals surface area contributed by atoms with Crippen LogP contribution in [0.1, 0.15) is 39.5 Å². The standard InChI is InChI=1S/C18H19N4.3C18H17N2.C16H15N4/c1-12-7-5-6-8-16(12)17-10-9-15(11-22(17)4)18-20-13(2)19-14(3)21-18;1-14-7-3-4-8-16(14)18-13-15(10-12-20(18)2)17-9-5-6-11-19-17;1-14-6-3-4-8-17(14)18-12-15(9-11-20(18)2)16-7-5-10-19-13-16;1-14-5-3-4-6-17(14)18-13-16(9-12-20(18)2)15-7-10-19-11-8-15;1-12-5-3-4-6-14(12)15-8-7-13(9-20(15)2)16-18-10-17-11-19-16/h5-11H,1-4H3;3*3-13H,1-2H3;3-11H,1-2H3/q5*+1. The third-order valence-corrected chi connectivity index (χ3v) is 17.7. The predicted molar refractivity (Wildman–Crippen MR) is 406 cm³/mol. The Morgan fingerprint density at radius 3 is 1.07 bits per heavy atom. The average Bonchev–Trinajstić information content (AvgIpc) is 0.839. The Morgan fingerprint density at radius 1 is 0.255 bits per heavy atom. The fraction of sp³-hybridized carbons (Fsp3) is 0.136. The van der Waals surface area contributed by atoms with Crippen LogP contribution in [0.25, 0.3) is 113 Å². The number of rotatable bonds is 10. The molecule has 0 amide bonds. The molecule has 0 radical (unpaired) electrons. The van der Waals surface area contributed by atoms with Crippen LogP contribution < -0.4 is 22.8 Å². The lowest BCUT2D eigenvalue weighted by Crippen LogP contribution is -2.31.